The Hall–Kier alpha value is -1.85. The van der Waals surface area contributed by atoms with Crippen LogP contribution in [-0.4, -0.2) is 50.5 Å². The van der Waals surface area contributed by atoms with Gasteiger partial charge in [-0.2, -0.15) is 0 Å². The van der Waals surface area contributed by atoms with Crippen LogP contribution in [0.15, 0.2) is 36.9 Å². The van der Waals surface area contributed by atoms with Gasteiger partial charge in [0.1, 0.15) is 0 Å². The molecule has 1 rings (SSSR count). The largest absolute Gasteiger partial charge is 0.395 e. The number of hydrogen-bond donors (Lipinski definition) is 2. The van der Waals surface area contributed by atoms with E-state index in [2.05, 4.69) is 48.0 Å². The predicted molar refractivity (Wildman–Crippen MR) is 93.7 cm³/mol. The number of nitrogens with zero attached hydrogens (tertiary/aromatic N) is 1. The molecule has 0 aromatic heterocycles. The lowest BCUT2D eigenvalue weighted by molar-refractivity contribution is -0.116. The number of aryl methyl sites for hydroxylation is 1. The molecule has 0 heterocycles. The van der Waals surface area contributed by atoms with Gasteiger partial charge in [-0.1, -0.05) is 24.3 Å². The molecule has 23 heavy (non-hydrogen) atoms. The normalized spacial score (nSPS) is 10.3. The van der Waals surface area contributed by atoms with Gasteiger partial charge in [0.2, 0.25) is 5.91 Å². The summed E-state index contributed by atoms with van der Waals surface area (Å²) in [6.07, 6.45) is 3.07. The minimum absolute atomic E-state index is 0.122. The number of aliphatic hydroxyl groups excluding tert-OH is 1. The molecular formula is C18H28N2O3. The van der Waals surface area contributed by atoms with Crippen molar-refractivity contribution in [1.29, 1.82) is 0 Å². The number of unbranched alkanes of at least 4 members (excludes halogenated alkanes) is 1. The molecule has 0 fully saturated rings. The SMILES string of the molecule is C=CC(=O)NCCCCOCCN(CCO)c1ccc(C)cc1. The summed E-state index contributed by atoms with van der Waals surface area (Å²) in [6.45, 7) is 8.86. The first-order valence-electron chi connectivity index (χ1n) is 8.08. The molecule has 128 valence electrons. The minimum atomic E-state index is -0.135. The van der Waals surface area contributed by atoms with Crippen molar-refractivity contribution in [2.24, 2.45) is 0 Å². The summed E-state index contributed by atoms with van der Waals surface area (Å²) in [7, 11) is 0. The van der Waals surface area contributed by atoms with Crippen LogP contribution in [0.5, 0.6) is 0 Å². The number of benzene rings is 1. The van der Waals surface area contributed by atoms with Crippen molar-refractivity contribution in [1.82, 2.24) is 5.32 Å². The average Bonchev–Trinajstić information content (AvgIpc) is 2.56. The molecule has 0 aliphatic carbocycles. The topological polar surface area (TPSA) is 61.8 Å². The zero-order chi connectivity index (χ0) is 16.9. The first-order chi connectivity index (χ1) is 11.2. The summed E-state index contributed by atoms with van der Waals surface area (Å²) in [6, 6.07) is 8.26. The van der Waals surface area contributed by atoms with Crippen LogP contribution in [0.4, 0.5) is 5.69 Å². The summed E-state index contributed by atoms with van der Waals surface area (Å²) in [4.78, 5) is 13.1. The summed E-state index contributed by atoms with van der Waals surface area (Å²) < 4.78 is 5.63. The predicted octanol–water partition coefficient (Wildman–Crippen LogP) is 1.89. The fourth-order valence-corrected chi connectivity index (χ4v) is 2.14. The molecule has 0 aliphatic heterocycles. The van der Waals surface area contributed by atoms with Crippen LogP contribution in [0, 0.1) is 6.92 Å². The van der Waals surface area contributed by atoms with Crippen molar-refractivity contribution >= 4 is 11.6 Å². The maximum Gasteiger partial charge on any atom is 0.243 e. The van der Waals surface area contributed by atoms with Crippen molar-refractivity contribution < 1.29 is 14.6 Å². The van der Waals surface area contributed by atoms with Gasteiger partial charge < -0.3 is 20.1 Å². The number of anilines is 1. The van der Waals surface area contributed by atoms with E-state index in [4.69, 9.17) is 4.74 Å². The first kappa shape index (κ1) is 19.2. The summed E-state index contributed by atoms with van der Waals surface area (Å²) >= 11 is 0. The van der Waals surface area contributed by atoms with Crippen molar-refractivity contribution in [2.75, 3.05) is 44.4 Å². The number of ether oxygens (including phenoxy) is 1. The van der Waals surface area contributed by atoms with Gasteiger partial charge in [0.15, 0.2) is 0 Å². The quantitative estimate of drug-likeness (QED) is 0.456. The fourth-order valence-electron chi connectivity index (χ4n) is 2.14. The Labute approximate surface area is 139 Å². The third-order valence-electron chi connectivity index (χ3n) is 3.47. The highest BCUT2D eigenvalue weighted by atomic mass is 16.5. The second-order valence-electron chi connectivity index (χ2n) is 5.36. The molecule has 0 radical (unpaired) electrons. The smallest absolute Gasteiger partial charge is 0.243 e. The van der Waals surface area contributed by atoms with Crippen LogP contribution in [0.3, 0.4) is 0 Å². The van der Waals surface area contributed by atoms with Crippen LogP contribution in [0.1, 0.15) is 18.4 Å². The van der Waals surface area contributed by atoms with E-state index in [1.807, 2.05) is 0 Å². The second-order valence-corrected chi connectivity index (χ2v) is 5.36. The average molecular weight is 320 g/mol. The Bertz CT molecular complexity index is 460. The minimum Gasteiger partial charge on any atom is -0.395 e. The van der Waals surface area contributed by atoms with Gasteiger partial charge >= 0.3 is 0 Å². The van der Waals surface area contributed by atoms with E-state index >= 15 is 0 Å². The van der Waals surface area contributed by atoms with Crippen LogP contribution in [0.25, 0.3) is 0 Å². The van der Waals surface area contributed by atoms with E-state index in [1.54, 1.807) is 0 Å². The number of carbonyl (C=O) groups excluding carboxylic acids is 1. The maximum atomic E-state index is 11.0. The first-order valence-corrected chi connectivity index (χ1v) is 8.08. The summed E-state index contributed by atoms with van der Waals surface area (Å²) in [5, 5.41) is 11.9. The standard InChI is InChI=1S/C18H28N2O3/c1-3-18(22)19-10-4-5-14-23-15-12-20(11-13-21)17-8-6-16(2)7-9-17/h3,6-9,21H,1,4-5,10-15H2,2H3,(H,19,22). The summed E-state index contributed by atoms with van der Waals surface area (Å²) in [5.41, 5.74) is 2.32. The molecule has 0 atom stereocenters. The molecule has 0 saturated heterocycles. The van der Waals surface area contributed by atoms with Crippen molar-refractivity contribution in [2.45, 2.75) is 19.8 Å². The van der Waals surface area contributed by atoms with E-state index in [0.717, 1.165) is 25.1 Å². The molecule has 1 aromatic rings. The number of nitrogens with one attached hydrogen (secondary N) is 1. The molecule has 1 amide bonds. The lowest BCUT2D eigenvalue weighted by atomic mass is 10.2. The lowest BCUT2D eigenvalue weighted by Gasteiger charge is -2.24. The van der Waals surface area contributed by atoms with Gasteiger partial charge in [0, 0.05) is 31.9 Å². The molecule has 0 bridgehead atoms. The van der Waals surface area contributed by atoms with Crippen molar-refractivity contribution in [3.05, 3.63) is 42.5 Å². The molecule has 1 aromatic carbocycles. The number of rotatable bonds is 12. The molecule has 0 aliphatic rings. The van der Waals surface area contributed by atoms with Gasteiger partial charge in [-0.25, -0.2) is 0 Å². The molecule has 5 heteroatoms. The van der Waals surface area contributed by atoms with E-state index in [0.29, 0.717) is 26.3 Å². The zero-order valence-electron chi connectivity index (χ0n) is 14.0. The highest BCUT2D eigenvalue weighted by Gasteiger charge is 2.05. The van der Waals surface area contributed by atoms with Gasteiger partial charge in [0.25, 0.3) is 0 Å². The number of hydrogen-bond acceptors (Lipinski definition) is 4. The third-order valence-corrected chi connectivity index (χ3v) is 3.47. The second kappa shape index (κ2) is 11.7. The highest BCUT2D eigenvalue weighted by molar-refractivity contribution is 5.86. The van der Waals surface area contributed by atoms with Gasteiger partial charge in [0.05, 0.1) is 13.2 Å². The number of carbonyl (C=O) groups is 1. The Morgan fingerprint density at radius 1 is 1.26 bits per heavy atom. The maximum absolute atomic E-state index is 11.0. The van der Waals surface area contributed by atoms with Gasteiger partial charge in [-0.15, -0.1) is 0 Å². The van der Waals surface area contributed by atoms with Crippen LogP contribution < -0.4 is 10.2 Å². The summed E-state index contributed by atoms with van der Waals surface area (Å²) in [5.74, 6) is -0.135. The Morgan fingerprint density at radius 2 is 2.00 bits per heavy atom. The Balaban J connectivity index is 2.17. The highest BCUT2D eigenvalue weighted by Crippen LogP contribution is 2.14. The number of aliphatic hydroxyl groups is 1. The zero-order valence-corrected chi connectivity index (χ0v) is 14.0. The van der Waals surface area contributed by atoms with Crippen molar-refractivity contribution in [3.8, 4) is 0 Å². The van der Waals surface area contributed by atoms with E-state index in [1.165, 1.54) is 11.6 Å². The molecule has 0 spiro atoms. The lowest BCUT2D eigenvalue weighted by Crippen LogP contribution is -2.30. The Kier molecular flexibility index (Phi) is 9.75. The fraction of sp³-hybridized carbons (Fsp3) is 0.500. The van der Waals surface area contributed by atoms with Gasteiger partial charge in [-0.3, -0.25) is 4.79 Å². The van der Waals surface area contributed by atoms with Gasteiger partial charge in [-0.05, 0) is 38.0 Å². The molecular weight excluding hydrogens is 292 g/mol. The van der Waals surface area contributed by atoms with Crippen molar-refractivity contribution in [3.63, 3.8) is 0 Å². The van der Waals surface area contributed by atoms with Crippen LogP contribution in [0.2, 0.25) is 0 Å². The molecule has 5 nitrogen and oxygen atoms in total. The Morgan fingerprint density at radius 3 is 2.65 bits per heavy atom. The third kappa shape index (κ3) is 8.38. The molecule has 0 saturated carbocycles. The van der Waals surface area contributed by atoms with Crippen LogP contribution >= 0.6 is 0 Å². The van der Waals surface area contributed by atoms with E-state index in [-0.39, 0.29) is 12.5 Å². The van der Waals surface area contributed by atoms with E-state index in [9.17, 15) is 9.90 Å². The molecule has 2 N–H and O–H groups in total. The van der Waals surface area contributed by atoms with Crippen LogP contribution in [-0.2, 0) is 9.53 Å². The number of amides is 1. The van der Waals surface area contributed by atoms with E-state index < -0.39 is 0 Å². The molecule has 0 unspecified atom stereocenters. The monoisotopic (exact) mass is 320 g/mol.